The molecule has 0 spiro atoms. The highest BCUT2D eigenvalue weighted by atomic mass is 16.7. The molecule has 2 N–H and O–H groups in total. The van der Waals surface area contributed by atoms with Crippen LogP contribution in [0.5, 0.6) is 5.75 Å². The number of nitrogens with zero attached hydrogens (tertiary/aromatic N) is 1. The molecular formula is C10H12N2O3. The number of likely N-dealkylation sites (N-methyl/N-ethyl adjacent to an activating group) is 1. The van der Waals surface area contributed by atoms with Crippen LogP contribution in [0, 0.1) is 0 Å². The number of hydroxylamine groups is 2. The summed E-state index contributed by atoms with van der Waals surface area (Å²) >= 11 is 0. The van der Waals surface area contributed by atoms with Crippen LogP contribution < -0.4 is 10.6 Å². The minimum atomic E-state index is -1.03. The van der Waals surface area contributed by atoms with Gasteiger partial charge in [0, 0.05) is 0 Å². The van der Waals surface area contributed by atoms with Crippen LogP contribution in [0.2, 0.25) is 0 Å². The second kappa shape index (κ2) is 4.99. The van der Waals surface area contributed by atoms with E-state index in [0.717, 1.165) is 5.06 Å². The summed E-state index contributed by atoms with van der Waals surface area (Å²) < 4.78 is 0. The number of hydrogen-bond donors (Lipinski definition) is 1. The van der Waals surface area contributed by atoms with E-state index in [4.69, 9.17) is 10.6 Å². The average Bonchev–Trinajstić information content (AvgIpc) is 2.26. The minimum absolute atomic E-state index is 0.247. The number of hydrogen-bond acceptors (Lipinski definition) is 3. The maximum absolute atomic E-state index is 11.2. The molecule has 15 heavy (non-hydrogen) atoms. The lowest BCUT2D eigenvalue weighted by Gasteiger charge is -2.18. The van der Waals surface area contributed by atoms with Crippen molar-refractivity contribution in [3.63, 3.8) is 0 Å². The van der Waals surface area contributed by atoms with Crippen molar-refractivity contribution in [2.24, 2.45) is 5.73 Å². The van der Waals surface area contributed by atoms with Crippen molar-refractivity contribution in [3.8, 4) is 5.75 Å². The van der Waals surface area contributed by atoms with Gasteiger partial charge in [0.25, 0.3) is 0 Å². The van der Waals surface area contributed by atoms with E-state index >= 15 is 0 Å². The molecule has 1 rings (SSSR count). The molecule has 0 aliphatic carbocycles. The lowest BCUT2D eigenvalue weighted by molar-refractivity contribution is -0.162. The van der Waals surface area contributed by atoms with E-state index in [1.54, 1.807) is 31.2 Å². The van der Waals surface area contributed by atoms with Crippen molar-refractivity contribution in [1.82, 2.24) is 5.06 Å². The predicted octanol–water partition coefficient (Wildman–Crippen LogP) is 0.314. The highest BCUT2D eigenvalue weighted by Gasteiger charge is 2.19. The maximum atomic E-state index is 11.2. The summed E-state index contributed by atoms with van der Waals surface area (Å²) in [6.07, 6.45) is 0. The van der Waals surface area contributed by atoms with E-state index in [1.807, 2.05) is 6.07 Å². The quantitative estimate of drug-likeness (QED) is 0.574. The number of primary amides is 1. The highest BCUT2D eigenvalue weighted by Crippen LogP contribution is 2.10. The van der Waals surface area contributed by atoms with Gasteiger partial charge in [-0.2, -0.15) is 5.06 Å². The Bertz CT molecular complexity index is 351. The molecule has 0 fully saturated rings. The van der Waals surface area contributed by atoms with Gasteiger partial charge in [-0.15, -0.1) is 0 Å². The lowest BCUT2D eigenvalue weighted by Crippen LogP contribution is -2.42. The van der Waals surface area contributed by atoms with Crippen molar-refractivity contribution in [2.75, 3.05) is 6.54 Å². The molecule has 0 bridgehead atoms. The fourth-order valence-corrected chi connectivity index (χ4v) is 0.981. The van der Waals surface area contributed by atoms with Gasteiger partial charge in [-0.05, 0) is 19.1 Å². The van der Waals surface area contributed by atoms with Crippen molar-refractivity contribution >= 4 is 11.8 Å². The van der Waals surface area contributed by atoms with Gasteiger partial charge in [0.2, 0.25) is 0 Å². The number of rotatable bonds is 3. The van der Waals surface area contributed by atoms with Crippen molar-refractivity contribution in [1.29, 1.82) is 0 Å². The first-order valence-corrected chi connectivity index (χ1v) is 4.49. The van der Waals surface area contributed by atoms with Crippen molar-refractivity contribution < 1.29 is 14.4 Å². The van der Waals surface area contributed by atoms with Crippen LogP contribution in [0.1, 0.15) is 6.92 Å². The molecule has 80 valence electrons. The third-order valence-electron chi connectivity index (χ3n) is 1.68. The minimum Gasteiger partial charge on any atom is -0.376 e. The summed E-state index contributed by atoms with van der Waals surface area (Å²) in [7, 11) is 0. The molecule has 0 saturated carbocycles. The number of amides is 2. The van der Waals surface area contributed by atoms with Gasteiger partial charge in [0.05, 0.1) is 6.54 Å². The van der Waals surface area contributed by atoms with Crippen LogP contribution in [0.25, 0.3) is 0 Å². The highest BCUT2D eigenvalue weighted by molar-refractivity contribution is 6.34. The molecule has 5 heteroatoms. The molecule has 0 aliphatic heterocycles. The Morgan fingerprint density at radius 1 is 1.33 bits per heavy atom. The van der Waals surface area contributed by atoms with Crippen LogP contribution in [0.4, 0.5) is 0 Å². The fraction of sp³-hybridized carbons (Fsp3) is 0.200. The summed E-state index contributed by atoms with van der Waals surface area (Å²) in [5.41, 5.74) is 4.86. The fourth-order valence-electron chi connectivity index (χ4n) is 0.981. The van der Waals surface area contributed by atoms with Crippen LogP contribution in [-0.4, -0.2) is 23.4 Å². The normalized spacial score (nSPS) is 9.40. The number of benzene rings is 1. The van der Waals surface area contributed by atoms with Gasteiger partial charge in [0.1, 0.15) is 0 Å². The molecule has 0 aliphatic rings. The lowest BCUT2D eigenvalue weighted by atomic mass is 10.3. The van der Waals surface area contributed by atoms with E-state index in [2.05, 4.69) is 0 Å². The summed E-state index contributed by atoms with van der Waals surface area (Å²) in [4.78, 5) is 27.0. The average molecular weight is 208 g/mol. The zero-order valence-corrected chi connectivity index (χ0v) is 8.34. The van der Waals surface area contributed by atoms with Crippen LogP contribution in [-0.2, 0) is 9.59 Å². The largest absolute Gasteiger partial charge is 0.376 e. The van der Waals surface area contributed by atoms with Gasteiger partial charge >= 0.3 is 11.8 Å². The Hall–Kier alpha value is -2.04. The molecule has 2 amide bonds. The van der Waals surface area contributed by atoms with E-state index in [1.165, 1.54) is 0 Å². The zero-order valence-electron chi connectivity index (χ0n) is 8.34. The Morgan fingerprint density at radius 3 is 2.40 bits per heavy atom. The van der Waals surface area contributed by atoms with Gasteiger partial charge < -0.3 is 10.6 Å². The summed E-state index contributed by atoms with van der Waals surface area (Å²) in [6.45, 7) is 1.93. The molecule has 1 aromatic carbocycles. The van der Waals surface area contributed by atoms with Crippen LogP contribution >= 0.6 is 0 Å². The predicted molar refractivity (Wildman–Crippen MR) is 53.7 cm³/mol. The summed E-state index contributed by atoms with van der Waals surface area (Å²) in [6, 6.07) is 8.70. The first-order chi connectivity index (χ1) is 7.15. The van der Waals surface area contributed by atoms with Crippen molar-refractivity contribution in [2.45, 2.75) is 6.92 Å². The molecule has 0 aromatic heterocycles. The monoisotopic (exact) mass is 208 g/mol. The van der Waals surface area contributed by atoms with Gasteiger partial charge in [-0.25, -0.2) is 0 Å². The smallest absolute Gasteiger partial charge is 0.344 e. The molecule has 0 atom stereocenters. The standard InChI is InChI=1S/C10H12N2O3/c1-2-12(10(14)9(11)13)15-8-6-4-3-5-7-8/h3-7H,2H2,1H3,(H2,11,13). The number of carbonyl (C=O) groups is 2. The third-order valence-corrected chi connectivity index (χ3v) is 1.68. The van der Waals surface area contributed by atoms with E-state index in [-0.39, 0.29) is 6.54 Å². The molecule has 0 heterocycles. The van der Waals surface area contributed by atoms with Crippen LogP contribution in [0.3, 0.4) is 0 Å². The molecule has 0 unspecified atom stereocenters. The van der Waals surface area contributed by atoms with E-state index in [9.17, 15) is 9.59 Å². The topological polar surface area (TPSA) is 72.6 Å². The molecule has 0 saturated heterocycles. The molecule has 1 aromatic rings. The number of para-hydroxylation sites is 1. The maximum Gasteiger partial charge on any atom is 0.344 e. The van der Waals surface area contributed by atoms with Gasteiger partial charge in [-0.1, -0.05) is 18.2 Å². The second-order valence-corrected chi connectivity index (χ2v) is 2.77. The first kappa shape index (κ1) is 11.0. The Labute approximate surface area is 87.4 Å². The molecule has 5 nitrogen and oxygen atoms in total. The Morgan fingerprint density at radius 2 is 1.93 bits per heavy atom. The van der Waals surface area contributed by atoms with Gasteiger partial charge in [0.15, 0.2) is 5.75 Å². The zero-order chi connectivity index (χ0) is 11.3. The SMILES string of the molecule is CCN(Oc1ccccc1)C(=O)C(N)=O. The Kier molecular flexibility index (Phi) is 3.68. The molecular weight excluding hydrogens is 196 g/mol. The first-order valence-electron chi connectivity index (χ1n) is 4.49. The van der Waals surface area contributed by atoms with Gasteiger partial charge in [-0.3, -0.25) is 9.59 Å². The van der Waals surface area contributed by atoms with E-state index in [0.29, 0.717) is 5.75 Å². The number of carbonyl (C=O) groups excluding carboxylic acids is 2. The van der Waals surface area contributed by atoms with Crippen molar-refractivity contribution in [3.05, 3.63) is 30.3 Å². The number of nitrogens with two attached hydrogens (primary N) is 1. The van der Waals surface area contributed by atoms with E-state index < -0.39 is 11.8 Å². The summed E-state index contributed by atoms with van der Waals surface area (Å²) in [5.74, 6) is -1.41. The Balaban J connectivity index is 2.70. The second-order valence-electron chi connectivity index (χ2n) is 2.77. The molecule has 0 radical (unpaired) electrons. The van der Waals surface area contributed by atoms with Crippen LogP contribution in [0.15, 0.2) is 30.3 Å². The third kappa shape index (κ3) is 2.98. The summed E-state index contributed by atoms with van der Waals surface area (Å²) in [5, 5.41) is 0.914.